The van der Waals surface area contributed by atoms with Crippen molar-refractivity contribution in [3.05, 3.63) is 46.1 Å². The number of imidazole rings is 1. The van der Waals surface area contributed by atoms with Crippen LogP contribution in [0.1, 0.15) is 38.9 Å². The summed E-state index contributed by atoms with van der Waals surface area (Å²) in [5, 5.41) is 18.0. The number of aryl methyl sites for hydroxylation is 1. The normalized spacial score (nSPS) is 12.4. The lowest BCUT2D eigenvalue weighted by Crippen LogP contribution is -2.30. The Morgan fingerprint density at radius 1 is 1.26 bits per heavy atom. The van der Waals surface area contributed by atoms with E-state index in [1.54, 1.807) is 6.92 Å². The minimum absolute atomic E-state index is 0.268. The Bertz CT molecular complexity index is 1070. The average Bonchev–Trinajstić information content (AvgIpc) is 3.30. The molecule has 0 aliphatic carbocycles. The van der Waals surface area contributed by atoms with Crippen LogP contribution in [-0.4, -0.2) is 54.7 Å². The first-order chi connectivity index (χ1) is 14.9. The van der Waals surface area contributed by atoms with Crippen LogP contribution in [0.15, 0.2) is 30.3 Å². The number of carbonyl (C=O) groups is 1. The smallest absolute Gasteiger partial charge is 0.358 e. The number of fused-ring (bicyclic) bond motifs is 1. The molecule has 0 aliphatic rings. The second-order valence-corrected chi connectivity index (χ2v) is 7.36. The fraction of sp³-hybridized carbons (Fsp3) is 0.476. The molecule has 1 N–H and O–H groups in total. The number of nitrogens with one attached hydrogen (secondary N) is 1. The van der Waals surface area contributed by atoms with Crippen LogP contribution in [0.25, 0.3) is 11.0 Å². The van der Waals surface area contributed by atoms with E-state index in [1.807, 2.05) is 35.8 Å². The van der Waals surface area contributed by atoms with E-state index in [4.69, 9.17) is 0 Å². The number of anilines is 1. The summed E-state index contributed by atoms with van der Waals surface area (Å²) >= 11 is 0. The molecule has 0 radical (unpaired) electrons. The number of nitrogens with zero attached hydrogens (tertiary/aromatic N) is 6. The fourth-order valence-corrected chi connectivity index (χ4v) is 3.72. The third kappa shape index (κ3) is 4.74. The number of likely N-dealkylation sites (N-methyl/N-ethyl adjacent to an activating group) is 1. The zero-order chi connectivity index (χ0) is 22.5. The van der Waals surface area contributed by atoms with E-state index in [0.717, 1.165) is 30.7 Å². The lowest BCUT2D eigenvalue weighted by Gasteiger charge is -2.20. The predicted octanol–water partition coefficient (Wildman–Crippen LogP) is 3.38. The number of para-hydroxylation sites is 2. The minimum Gasteiger partial charge on any atom is -0.358 e. The molecule has 0 fully saturated rings. The van der Waals surface area contributed by atoms with Crippen LogP contribution in [0, 0.1) is 17.0 Å². The minimum atomic E-state index is -0.676. The van der Waals surface area contributed by atoms with E-state index in [0.29, 0.717) is 24.6 Å². The lowest BCUT2D eigenvalue weighted by molar-refractivity contribution is -0.389. The van der Waals surface area contributed by atoms with Crippen molar-refractivity contribution in [1.29, 1.82) is 0 Å². The van der Waals surface area contributed by atoms with Gasteiger partial charge in [-0.05, 0) is 43.5 Å². The fourth-order valence-electron chi connectivity index (χ4n) is 3.72. The molecule has 2 aromatic heterocycles. The molecular formula is C21H29N7O3. The molecule has 3 aromatic rings. The maximum atomic E-state index is 13.1. The van der Waals surface area contributed by atoms with Crippen LogP contribution in [0.4, 0.5) is 11.8 Å². The van der Waals surface area contributed by atoms with Crippen molar-refractivity contribution < 1.29 is 9.72 Å². The lowest BCUT2D eigenvalue weighted by atomic mass is 10.2. The van der Waals surface area contributed by atoms with Crippen molar-refractivity contribution in [2.45, 2.75) is 46.7 Å². The Hall–Kier alpha value is -3.27. The van der Waals surface area contributed by atoms with E-state index in [2.05, 4.69) is 34.1 Å². The molecule has 0 spiro atoms. The van der Waals surface area contributed by atoms with Gasteiger partial charge in [-0.3, -0.25) is 10.1 Å². The van der Waals surface area contributed by atoms with Crippen molar-refractivity contribution in [2.75, 3.05) is 25.0 Å². The number of aromatic nitrogens is 4. The maximum absolute atomic E-state index is 13.1. The number of carbonyl (C=O) groups excluding carboxylic acids is 1. The summed E-state index contributed by atoms with van der Waals surface area (Å²) in [6.45, 7) is 11.2. The van der Waals surface area contributed by atoms with Gasteiger partial charge in [0.05, 0.1) is 27.9 Å². The van der Waals surface area contributed by atoms with Crippen LogP contribution in [0.3, 0.4) is 0 Å². The van der Waals surface area contributed by atoms with E-state index in [-0.39, 0.29) is 11.7 Å². The topological polar surface area (TPSA) is 111 Å². The molecule has 10 nitrogen and oxygen atoms in total. The second-order valence-electron chi connectivity index (χ2n) is 7.36. The number of hydrogen-bond donors (Lipinski definition) is 1. The average molecular weight is 428 g/mol. The van der Waals surface area contributed by atoms with Gasteiger partial charge in [0.1, 0.15) is 0 Å². The summed E-state index contributed by atoms with van der Waals surface area (Å²) in [4.78, 5) is 30.6. The highest BCUT2D eigenvalue weighted by molar-refractivity contribution is 5.94. The third-order valence-corrected chi connectivity index (χ3v) is 5.50. The third-order valence-electron chi connectivity index (χ3n) is 5.50. The van der Waals surface area contributed by atoms with Gasteiger partial charge >= 0.3 is 5.82 Å². The van der Waals surface area contributed by atoms with Crippen molar-refractivity contribution in [3.8, 4) is 0 Å². The van der Waals surface area contributed by atoms with E-state index in [1.165, 1.54) is 10.7 Å². The highest BCUT2D eigenvalue weighted by atomic mass is 16.6. The van der Waals surface area contributed by atoms with Gasteiger partial charge < -0.3 is 19.6 Å². The van der Waals surface area contributed by atoms with Crippen molar-refractivity contribution in [3.63, 3.8) is 0 Å². The molecule has 1 aromatic carbocycles. The SMILES string of the molecule is CCC(C(=O)Nc1nc2ccccc2n1CCN(CC)CC)n1nc([N+](=O)[O-])cc1C. The van der Waals surface area contributed by atoms with Crippen LogP contribution in [0.5, 0.6) is 0 Å². The zero-order valence-electron chi connectivity index (χ0n) is 18.4. The molecule has 1 unspecified atom stereocenters. The van der Waals surface area contributed by atoms with Gasteiger partial charge in [0.25, 0.3) is 5.91 Å². The van der Waals surface area contributed by atoms with Gasteiger partial charge in [0.2, 0.25) is 5.95 Å². The van der Waals surface area contributed by atoms with Crippen molar-refractivity contribution in [2.24, 2.45) is 0 Å². The van der Waals surface area contributed by atoms with Crippen LogP contribution < -0.4 is 5.32 Å². The number of nitro groups is 1. The Kier molecular flexibility index (Phi) is 7.01. The summed E-state index contributed by atoms with van der Waals surface area (Å²) in [6, 6.07) is 8.46. The molecule has 0 saturated heterocycles. The molecule has 166 valence electrons. The van der Waals surface area contributed by atoms with Gasteiger partial charge in [-0.1, -0.05) is 32.9 Å². The molecular weight excluding hydrogens is 398 g/mol. The monoisotopic (exact) mass is 427 g/mol. The molecule has 0 bridgehead atoms. The first-order valence-corrected chi connectivity index (χ1v) is 10.6. The molecule has 0 aliphatic heterocycles. The Labute approximate surface area is 181 Å². The summed E-state index contributed by atoms with van der Waals surface area (Å²) in [5.41, 5.74) is 2.31. The van der Waals surface area contributed by atoms with Crippen LogP contribution in [0.2, 0.25) is 0 Å². The van der Waals surface area contributed by atoms with E-state index in [9.17, 15) is 14.9 Å². The van der Waals surface area contributed by atoms with Gasteiger partial charge in [-0.2, -0.15) is 4.68 Å². The number of hydrogen-bond acceptors (Lipinski definition) is 6. The molecule has 2 heterocycles. The Balaban J connectivity index is 1.90. The largest absolute Gasteiger partial charge is 0.390 e. The molecule has 3 rings (SSSR count). The summed E-state index contributed by atoms with van der Waals surface area (Å²) < 4.78 is 3.42. The molecule has 0 saturated carbocycles. The van der Waals surface area contributed by atoms with Crippen LogP contribution in [-0.2, 0) is 11.3 Å². The summed E-state index contributed by atoms with van der Waals surface area (Å²) in [7, 11) is 0. The van der Waals surface area contributed by atoms with Crippen LogP contribution >= 0.6 is 0 Å². The number of amides is 1. The number of rotatable bonds is 10. The molecule has 31 heavy (non-hydrogen) atoms. The quantitative estimate of drug-likeness (QED) is 0.392. The van der Waals surface area contributed by atoms with Gasteiger partial charge in [-0.15, -0.1) is 0 Å². The maximum Gasteiger partial charge on any atom is 0.390 e. The second kappa shape index (κ2) is 9.69. The van der Waals surface area contributed by atoms with Gasteiger partial charge in [0, 0.05) is 13.1 Å². The highest BCUT2D eigenvalue weighted by Gasteiger charge is 2.28. The number of benzene rings is 1. The first kappa shape index (κ1) is 22.4. The van der Waals surface area contributed by atoms with Gasteiger partial charge in [0.15, 0.2) is 6.04 Å². The predicted molar refractivity (Wildman–Crippen MR) is 119 cm³/mol. The van der Waals surface area contributed by atoms with E-state index >= 15 is 0 Å². The molecule has 10 heteroatoms. The molecule has 1 amide bonds. The summed E-state index contributed by atoms with van der Waals surface area (Å²) in [6.07, 6.45) is 0.436. The zero-order valence-corrected chi connectivity index (χ0v) is 18.4. The first-order valence-electron chi connectivity index (χ1n) is 10.6. The highest BCUT2D eigenvalue weighted by Crippen LogP contribution is 2.23. The Morgan fingerprint density at radius 3 is 2.58 bits per heavy atom. The standard InChI is InChI=1S/C21H29N7O3/c1-5-17(27-15(4)14-19(24-27)28(30)31)20(29)23-21-22-16-10-8-9-11-18(16)26(21)13-12-25(6-2)7-3/h8-11,14,17H,5-7,12-13H2,1-4H3,(H,22,23,29). The summed E-state index contributed by atoms with van der Waals surface area (Å²) in [5.74, 6) is -0.102. The van der Waals surface area contributed by atoms with Crippen molar-refractivity contribution in [1.82, 2.24) is 24.2 Å². The van der Waals surface area contributed by atoms with Gasteiger partial charge in [-0.25, -0.2) is 4.98 Å². The molecule has 1 atom stereocenters. The van der Waals surface area contributed by atoms with E-state index < -0.39 is 11.0 Å². The Morgan fingerprint density at radius 2 is 1.97 bits per heavy atom. The van der Waals surface area contributed by atoms with Crippen molar-refractivity contribution >= 4 is 28.7 Å².